The van der Waals surface area contributed by atoms with Gasteiger partial charge in [0.2, 0.25) is 0 Å². The third kappa shape index (κ3) is 2.45. The van der Waals surface area contributed by atoms with E-state index in [4.69, 9.17) is 9.47 Å². The predicted molar refractivity (Wildman–Crippen MR) is 63.3 cm³/mol. The molecule has 0 aromatic rings. The molecule has 17 heavy (non-hydrogen) atoms. The number of rotatable bonds is 5. The van der Waals surface area contributed by atoms with Gasteiger partial charge in [0, 0.05) is 0 Å². The summed E-state index contributed by atoms with van der Waals surface area (Å²) in [5.74, 6) is -0.793. The second-order valence-electron chi connectivity index (χ2n) is 4.69. The number of carbonyl (C=O) groups is 2. The maximum absolute atomic E-state index is 12.1. The molecule has 0 atom stereocenters. The lowest BCUT2D eigenvalue weighted by Gasteiger charge is -2.33. The topological polar surface area (TPSA) is 52.6 Å². The molecule has 0 amide bonds. The highest BCUT2D eigenvalue weighted by Gasteiger charge is 2.53. The van der Waals surface area contributed by atoms with E-state index < -0.39 is 17.4 Å². The van der Waals surface area contributed by atoms with Gasteiger partial charge in [0.05, 0.1) is 14.2 Å². The van der Waals surface area contributed by atoms with Gasteiger partial charge < -0.3 is 9.47 Å². The third-order valence-electron chi connectivity index (χ3n) is 3.80. The lowest BCUT2D eigenvalue weighted by atomic mass is 9.71. The molecule has 0 aromatic carbocycles. The molecule has 1 aliphatic carbocycles. The van der Waals surface area contributed by atoms with Gasteiger partial charge >= 0.3 is 11.9 Å². The van der Waals surface area contributed by atoms with Gasteiger partial charge in [0.25, 0.3) is 0 Å². The summed E-state index contributed by atoms with van der Waals surface area (Å²) in [6, 6.07) is 0. The normalized spacial score (nSPS) is 16.9. The second kappa shape index (κ2) is 6.03. The SMILES string of the molecule is CCCC(C(=O)OC)(C(=O)OC)C1CCCC1. The number of hydrogen-bond acceptors (Lipinski definition) is 4. The van der Waals surface area contributed by atoms with Crippen molar-refractivity contribution in [2.24, 2.45) is 11.3 Å². The van der Waals surface area contributed by atoms with Gasteiger partial charge in [-0.15, -0.1) is 0 Å². The minimum atomic E-state index is -1.07. The van der Waals surface area contributed by atoms with Gasteiger partial charge in [-0.2, -0.15) is 0 Å². The molecule has 1 aliphatic rings. The first-order valence-corrected chi connectivity index (χ1v) is 6.30. The van der Waals surface area contributed by atoms with Crippen molar-refractivity contribution >= 4 is 11.9 Å². The lowest BCUT2D eigenvalue weighted by Crippen LogP contribution is -2.46. The maximum Gasteiger partial charge on any atom is 0.323 e. The first kappa shape index (κ1) is 14.0. The van der Waals surface area contributed by atoms with Crippen molar-refractivity contribution in [1.82, 2.24) is 0 Å². The molecule has 1 fully saturated rings. The number of esters is 2. The van der Waals surface area contributed by atoms with Gasteiger partial charge in [-0.05, 0) is 25.2 Å². The Morgan fingerprint density at radius 2 is 1.59 bits per heavy atom. The van der Waals surface area contributed by atoms with Gasteiger partial charge in [0.1, 0.15) is 0 Å². The van der Waals surface area contributed by atoms with Crippen molar-refractivity contribution in [1.29, 1.82) is 0 Å². The van der Waals surface area contributed by atoms with Crippen molar-refractivity contribution in [3.05, 3.63) is 0 Å². The van der Waals surface area contributed by atoms with Gasteiger partial charge in [-0.3, -0.25) is 9.59 Å². The Bertz CT molecular complexity index is 263. The highest BCUT2D eigenvalue weighted by molar-refractivity contribution is 6.00. The van der Waals surface area contributed by atoms with Crippen LogP contribution in [0.5, 0.6) is 0 Å². The number of methoxy groups -OCH3 is 2. The molecule has 0 heterocycles. The van der Waals surface area contributed by atoms with Crippen molar-refractivity contribution in [3.8, 4) is 0 Å². The molecule has 0 saturated heterocycles. The molecule has 0 bridgehead atoms. The van der Waals surface area contributed by atoms with Crippen molar-refractivity contribution < 1.29 is 19.1 Å². The zero-order valence-corrected chi connectivity index (χ0v) is 11.0. The van der Waals surface area contributed by atoms with Crippen LogP contribution in [0.4, 0.5) is 0 Å². The van der Waals surface area contributed by atoms with E-state index in [0.717, 1.165) is 32.1 Å². The number of carbonyl (C=O) groups excluding carboxylic acids is 2. The first-order valence-electron chi connectivity index (χ1n) is 6.30. The third-order valence-corrected chi connectivity index (χ3v) is 3.80. The minimum Gasteiger partial charge on any atom is -0.468 e. The summed E-state index contributed by atoms with van der Waals surface area (Å²) in [4.78, 5) is 24.2. The Morgan fingerprint density at radius 3 is 1.94 bits per heavy atom. The molecule has 0 aliphatic heterocycles. The standard InChI is InChI=1S/C13H22O4/c1-4-9-13(11(14)16-2,12(15)17-3)10-7-5-6-8-10/h10H,4-9H2,1-3H3. The van der Waals surface area contributed by atoms with Crippen LogP contribution in [0.15, 0.2) is 0 Å². The average molecular weight is 242 g/mol. The fourth-order valence-electron chi connectivity index (χ4n) is 3.00. The fraction of sp³-hybridized carbons (Fsp3) is 0.846. The highest BCUT2D eigenvalue weighted by atomic mass is 16.5. The molecule has 0 N–H and O–H groups in total. The molecule has 0 aromatic heterocycles. The van der Waals surface area contributed by atoms with Gasteiger partial charge in [-0.25, -0.2) is 0 Å². The van der Waals surface area contributed by atoms with Crippen LogP contribution < -0.4 is 0 Å². The van der Waals surface area contributed by atoms with E-state index in [1.54, 1.807) is 0 Å². The Morgan fingerprint density at radius 1 is 1.12 bits per heavy atom. The molecule has 0 unspecified atom stereocenters. The fourth-order valence-corrected chi connectivity index (χ4v) is 3.00. The van der Waals surface area contributed by atoms with E-state index in [1.165, 1.54) is 14.2 Å². The maximum atomic E-state index is 12.1. The molecular formula is C13H22O4. The van der Waals surface area contributed by atoms with Gasteiger partial charge in [0.15, 0.2) is 5.41 Å². The Hall–Kier alpha value is -1.06. The summed E-state index contributed by atoms with van der Waals surface area (Å²) >= 11 is 0. The Labute approximate surface area is 103 Å². The second-order valence-corrected chi connectivity index (χ2v) is 4.69. The summed E-state index contributed by atoms with van der Waals surface area (Å²) in [5.41, 5.74) is -1.07. The monoisotopic (exact) mass is 242 g/mol. The highest BCUT2D eigenvalue weighted by Crippen LogP contribution is 2.45. The summed E-state index contributed by atoms with van der Waals surface area (Å²) < 4.78 is 9.73. The van der Waals surface area contributed by atoms with Crippen LogP contribution in [-0.2, 0) is 19.1 Å². The lowest BCUT2D eigenvalue weighted by molar-refractivity contribution is -0.174. The summed E-state index contributed by atoms with van der Waals surface area (Å²) in [6.45, 7) is 1.97. The van der Waals surface area contributed by atoms with E-state index in [0.29, 0.717) is 6.42 Å². The van der Waals surface area contributed by atoms with Crippen molar-refractivity contribution in [2.75, 3.05) is 14.2 Å². The van der Waals surface area contributed by atoms with Crippen LogP contribution >= 0.6 is 0 Å². The largest absolute Gasteiger partial charge is 0.468 e. The number of hydrogen-bond donors (Lipinski definition) is 0. The van der Waals surface area contributed by atoms with Gasteiger partial charge in [-0.1, -0.05) is 26.2 Å². The average Bonchev–Trinajstić information content (AvgIpc) is 2.88. The molecule has 0 spiro atoms. The minimum absolute atomic E-state index is 0.0716. The predicted octanol–water partition coefficient (Wildman–Crippen LogP) is 2.31. The van der Waals surface area contributed by atoms with E-state index >= 15 is 0 Å². The van der Waals surface area contributed by atoms with E-state index in [2.05, 4.69) is 0 Å². The summed E-state index contributed by atoms with van der Waals surface area (Å²) in [7, 11) is 2.68. The Kier molecular flexibility index (Phi) is 4.97. The summed E-state index contributed by atoms with van der Waals surface area (Å²) in [5, 5.41) is 0. The summed E-state index contributed by atoms with van der Waals surface area (Å²) in [6.07, 6.45) is 5.24. The van der Waals surface area contributed by atoms with Crippen LogP contribution in [0.3, 0.4) is 0 Å². The zero-order valence-electron chi connectivity index (χ0n) is 11.0. The molecule has 1 rings (SSSR count). The quantitative estimate of drug-likeness (QED) is 0.548. The van der Waals surface area contributed by atoms with Crippen LogP contribution in [0.25, 0.3) is 0 Å². The van der Waals surface area contributed by atoms with Crippen LogP contribution in [0, 0.1) is 11.3 Å². The van der Waals surface area contributed by atoms with E-state index in [1.807, 2.05) is 6.92 Å². The molecular weight excluding hydrogens is 220 g/mol. The molecule has 98 valence electrons. The number of ether oxygens (including phenoxy) is 2. The van der Waals surface area contributed by atoms with E-state index in [-0.39, 0.29) is 5.92 Å². The molecule has 0 radical (unpaired) electrons. The molecule has 4 nitrogen and oxygen atoms in total. The van der Waals surface area contributed by atoms with Crippen LogP contribution in [0.1, 0.15) is 45.4 Å². The van der Waals surface area contributed by atoms with Crippen molar-refractivity contribution in [3.63, 3.8) is 0 Å². The van der Waals surface area contributed by atoms with Crippen LogP contribution in [-0.4, -0.2) is 26.2 Å². The molecule has 4 heteroatoms. The van der Waals surface area contributed by atoms with E-state index in [9.17, 15) is 9.59 Å². The smallest absolute Gasteiger partial charge is 0.323 e. The first-order chi connectivity index (χ1) is 8.13. The van der Waals surface area contributed by atoms with Crippen molar-refractivity contribution in [2.45, 2.75) is 45.4 Å². The molecule has 1 saturated carbocycles. The Balaban J connectivity index is 3.08. The van der Waals surface area contributed by atoms with Crippen LogP contribution in [0.2, 0.25) is 0 Å². The zero-order chi connectivity index (χ0) is 12.9.